The highest BCUT2D eigenvalue weighted by atomic mass is 16.5. The smallest absolute Gasteiger partial charge is 0.251 e. The molecule has 29 heavy (non-hydrogen) atoms. The number of anilines is 1. The topological polar surface area (TPSA) is 95.0 Å². The molecule has 2 aliphatic rings. The first-order valence-corrected chi connectivity index (χ1v) is 9.75. The van der Waals surface area contributed by atoms with Crippen LogP contribution in [0, 0.1) is 0 Å². The highest BCUT2D eigenvalue weighted by Crippen LogP contribution is 2.31. The van der Waals surface area contributed by atoms with Crippen molar-refractivity contribution in [1.29, 1.82) is 0 Å². The Morgan fingerprint density at radius 1 is 1.17 bits per heavy atom. The number of aliphatic hydroxyl groups is 1. The van der Waals surface area contributed by atoms with E-state index >= 15 is 0 Å². The van der Waals surface area contributed by atoms with Gasteiger partial charge in [-0.2, -0.15) is 0 Å². The molecule has 0 aliphatic carbocycles. The van der Waals surface area contributed by atoms with Crippen LogP contribution in [0.4, 0.5) is 5.69 Å². The summed E-state index contributed by atoms with van der Waals surface area (Å²) in [5.41, 5.74) is 1.27. The van der Waals surface area contributed by atoms with Gasteiger partial charge in [-0.3, -0.25) is 19.5 Å². The minimum absolute atomic E-state index is 0.0173. The van der Waals surface area contributed by atoms with Gasteiger partial charge in [0.2, 0.25) is 5.91 Å². The van der Waals surface area contributed by atoms with E-state index in [4.69, 9.17) is 4.74 Å². The fourth-order valence-corrected chi connectivity index (χ4v) is 3.75. The number of carbonyl (C=O) groups is 2. The van der Waals surface area contributed by atoms with E-state index in [9.17, 15) is 14.7 Å². The Balaban J connectivity index is 1.38. The Morgan fingerprint density at radius 2 is 1.97 bits per heavy atom. The van der Waals surface area contributed by atoms with Crippen LogP contribution in [0.2, 0.25) is 0 Å². The molecule has 0 radical (unpaired) electrons. The molecule has 0 spiro atoms. The number of piperidine rings is 1. The van der Waals surface area contributed by atoms with Gasteiger partial charge in [-0.25, -0.2) is 0 Å². The van der Waals surface area contributed by atoms with Gasteiger partial charge in [0.05, 0.1) is 30.9 Å². The second kappa shape index (κ2) is 8.59. The molecule has 1 fully saturated rings. The van der Waals surface area contributed by atoms with Gasteiger partial charge in [0.15, 0.2) is 0 Å². The van der Waals surface area contributed by atoms with E-state index in [1.165, 1.54) is 0 Å². The Hall–Kier alpha value is -2.97. The number of nitrogens with one attached hydrogen (secondary N) is 1. The number of likely N-dealkylation sites (tertiary alicyclic amines) is 1. The zero-order valence-corrected chi connectivity index (χ0v) is 16.0. The average molecular weight is 396 g/mol. The maximum Gasteiger partial charge on any atom is 0.251 e. The average Bonchev–Trinajstić information content (AvgIpc) is 2.76. The molecule has 2 aliphatic heterocycles. The normalized spacial score (nSPS) is 21.8. The van der Waals surface area contributed by atoms with Gasteiger partial charge in [-0.05, 0) is 30.7 Å². The van der Waals surface area contributed by atoms with Gasteiger partial charge in [-0.15, -0.1) is 0 Å². The third-order valence-corrected chi connectivity index (χ3v) is 5.31. The number of rotatable bonds is 4. The van der Waals surface area contributed by atoms with Crippen LogP contribution < -0.4 is 15.0 Å². The third-order valence-electron chi connectivity index (χ3n) is 5.31. The molecule has 1 saturated heterocycles. The fourth-order valence-electron chi connectivity index (χ4n) is 3.75. The largest absolute Gasteiger partial charge is 0.490 e. The molecule has 1 aromatic carbocycles. The highest BCUT2D eigenvalue weighted by molar-refractivity contribution is 5.96. The van der Waals surface area contributed by atoms with Crippen LogP contribution in [0.15, 0.2) is 48.8 Å². The monoisotopic (exact) mass is 396 g/mol. The Morgan fingerprint density at radius 3 is 2.79 bits per heavy atom. The minimum Gasteiger partial charge on any atom is -0.490 e. The first-order chi connectivity index (χ1) is 14.1. The molecule has 3 heterocycles. The van der Waals surface area contributed by atoms with Crippen molar-refractivity contribution >= 4 is 17.5 Å². The Kier molecular flexibility index (Phi) is 5.73. The van der Waals surface area contributed by atoms with E-state index in [1.807, 2.05) is 29.2 Å². The standard InChI is InChI=1S/C21H24N4O4/c26-18-7-10-24(13-16(18)23-21(28)15-5-8-22-9-6-15)14-20(27)25-11-12-29-19-4-2-1-3-17(19)25/h1-6,8-9,16,18,26H,7,10-14H2,(H,23,28)/t16-,18-/m1/s1. The third kappa shape index (κ3) is 4.38. The number of fused-ring (bicyclic) bond motifs is 1. The molecule has 8 nitrogen and oxygen atoms in total. The van der Waals surface area contributed by atoms with Crippen molar-refractivity contribution in [3.8, 4) is 5.75 Å². The molecule has 2 aromatic rings. The van der Waals surface area contributed by atoms with E-state index in [-0.39, 0.29) is 18.4 Å². The van der Waals surface area contributed by atoms with Crippen molar-refractivity contribution in [3.63, 3.8) is 0 Å². The summed E-state index contributed by atoms with van der Waals surface area (Å²) in [6.45, 7) is 2.21. The van der Waals surface area contributed by atoms with E-state index < -0.39 is 12.1 Å². The van der Waals surface area contributed by atoms with Gasteiger partial charge >= 0.3 is 0 Å². The lowest BCUT2D eigenvalue weighted by Crippen LogP contribution is -2.57. The maximum absolute atomic E-state index is 12.9. The van der Waals surface area contributed by atoms with Gasteiger partial charge in [0.25, 0.3) is 5.91 Å². The van der Waals surface area contributed by atoms with E-state index in [2.05, 4.69) is 10.3 Å². The molecule has 1 aromatic heterocycles. The van der Waals surface area contributed by atoms with Gasteiger partial charge < -0.3 is 20.1 Å². The van der Waals surface area contributed by atoms with Crippen molar-refractivity contribution in [2.24, 2.45) is 0 Å². The first kappa shape index (κ1) is 19.4. The number of hydrogen-bond donors (Lipinski definition) is 2. The van der Waals surface area contributed by atoms with E-state index in [0.29, 0.717) is 44.0 Å². The van der Waals surface area contributed by atoms with Crippen molar-refractivity contribution in [1.82, 2.24) is 15.2 Å². The SMILES string of the molecule is O=C(N[C@@H]1CN(CC(=O)N2CCOc3ccccc32)CC[C@H]1O)c1ccncc1. The van der Waals surface area contributed by atoms with Crippen LogP contribution in [0.3, 0.4) is 0 Å². The number of carbonyl (C=O) groups excluding carboxylic acids is 2. The summed E-state index contributed by atoms with van der Waals surface area (Å²) >= 11 is 0. The van der Waals surface area contributed by atoms with E-state index in [1.54, 1.807) is 29.4 Å². The Bertz CT molecular complexity index is 876. The molecular formula is C21H24N4O4. The lowest BCUT2D eigenvalue weighted by Gasteiger charge is -2.37. The number of aromatic nitrogens is 1. The summed E-state index contributed by atoms with van der Waals surface area (Å²) in [6.07, 6.45) is 2.96. The van der Waals surface area contributed by atoms with Crippen molar-refractivity contribution in [2.45, 2.75) is 18.6 Å². The number of aliphatic hydroxyl groups excluding tert-OH is 1. The van der Waals surface area contributed by atoms with Crippen LogP contribution in [-0.4, -0.2) is 71.7 Å². The van der Waals surface area contributed by atoms with Crippen LogP contribution >= 0.6 is 0 Å². The van der Waals surface area contributed by atoms with Gasteiger partial charge in [-0.1, -0.05) is 12.1 Å². The number of pyridine rings is 1. The van der Waals surface area contributed by atoms with Crippen LogP contribution in [0.5, 0.6) is 5.75 Å². The molecule has 2 amide bonds. The van der Waals surface area contributed by atoms with Gasteiger partial charge in [0, 0.05) is 31.0 Å². The van der Waals surface area contributed by atoms with Crippen molar-refractivity contribution < 1.29 is 19.4 Å². The van der Waals surface area contributed by atoms with Crippen molar-refractivity contribution in [2.75, 3.05) is 37.7 Å². The van der Waals surface area contributed by atoms with Gasteiger partial charge in [0.1, 0.15) is 12.4 Å². The molecule has 0 bridgehead atoms. The number of hydrogen-bond acceptors (Lipinski definition) is 6. The molecule has 2 atom stereocenters. The minimum atomic E-state index is -0.642. The number of nitrogens with zero attached hydrogens (tertiary/aromatic N) is 3. The zero-order valence-electron chi connectivity index (χ0n) is 16.0. The van der Waals surface area contributed by atoms with E-state index in [0.717, 1.165) is 5.69 Å². The molecule has 4 rings (SSSR count). The second-order valence-corrected chi connectivity index (χ2v) is 7.27. The quantitative estimate of drug-likeness (QED) is 0.789. The fraction of sp³-hybridized carbons (Fsp3) is 0.381. The Labute approximate surface area is 169 Å². The predicted molar refractivity (Wildman–Crippen MR) is 107 cm³/mol. The summed E-state index contributed by atoms with van der Waals surface area (Å²) in [5.74, 6) is 0.437. The summed E-state index contributed by atoms with van der Waals surface area (Å²) in [6, 6.07) is 10.3. The molecule has 0 saturated carbocycles. The number of para-hydroxylation sites is 2. The maximum atomic E-state index is 12.9. The van der Waals surface area contributed by atoms with Crippen molar-refractivity contribution in [3.05, 3.63) is 54.4 Å². The van der Waals surface area contributed by atoms with Crippen LogP contribution in [-0.2, 0) is 4.79 Å². The molecular weight excluding hydrogens is 372 g/mol. The lowest BCUT2D eigenvalue weighted by atomic mass is 10.0. The zero-order chi connectivity index (χ0) is 20.2. The second-order valence-electron chi connectivity index (χ2n) is 7.27. The number of amides is 2. The number of ether oxygens (including phenoxy) is 1. The summed E-state index contributed by atoms with van der Waals surface area (Å²) < 4.78 is 5.62. The molecule has 0 unspecified atom stereocenters. The lowest BCUT2D eigenvalue weighted by molar-refractivity contribution is -0.120. The van der Waals surface area contributed by atoms with Crippen LogP contribution in [0.25, 0.3) is 0 Å². The molecule has 152 valence electrons. The molecule has 8 heteroatoms. The van der Waals surface area contributed by atoms with Crippen LogP contribution in [0.1, 0.15) is 16.8 Å². The first-order valence-electron chi connectivity index (χ1n) is 9.75. The summed E-state index contributed by atoms with van der Waals surface area (Å²) in [7, 11) is 0. The predicted octanol–water partition coefficient (Wildman–Crippen LogP) is 0.672. The highest BCUT2D eigenvalue weighted by Gasteiger charge is 2.32. The molecule has 2 N–H and O–H groups in total. The summed E-state index contributed by atoms with van der Waals surface area (Å²) in [4.78, 5) is 33.0. The number of benzene rings is 1. The summed E-state index contributed by atoms with van der Waals surface area (Å²) in [5, 5.41) is 13.2.